The molecule has 6 nitrogen and oxygen atoms in total. The first-order valence-corrected chi connectivity index (χ1v) is 9.10. The maximum absolute atomic E-state index is 13.2. The van der Waals surface area contributed by atoms with Crippen LogP contribution in [0.5, 0.6) is 5.75 Å². The molecule has 1 aromatic carbocycles. The van der Waals surface area contributed by atoms with E-state index in [9.17, 15) is 36.2 Å². The number of hydrogen-bond donors (Lipinski definition) is 2. The Balaban J connectivity index is 2.10. The fourth-order valence-electron chi connectivity index (χ4n) is 2.99. The number of anilines is 1. The first-order valence-electron chi connectivity index (χ1n) is 9.10. The second kappa shape index (κ2) is 8.01. The molecule has 1 amide bonds. The van der Waals surface area contributed by atoms with E-state index in [0.717, 1.165) is 35.0 Å². The summed E-state index contributed by atoms with van der Waals surface area (Å²) in [5.41, 5.74) is -2.13. The quantitative estimate of drug-likeness (QED) is 0.524. The summed E-state index contributed by atoms with van der Waals surface area (Å²) in [6.07, 6.45) is -8.84. The molecule has 3 aromatic rings. The van der Waals surface area contributed by atoms with Crippen LogP contribution in [0.25, 0.3) is 16.6 Å². The molecule has 0 aliphatic carbocycles. The van der Waals surface area contributed by atoms with Crippen LogP contribution >= 0.6 is 0 Å². The van der Waals surface area contributed by atoms with Crippen LogP contribution in [-0.4, -0.2) is 32.6 Å². The highest BCUT2D eigenvalue weighted by Crippen LogP contribution is 2.37. The number of rotatable bonds is 5. The highest BCUT2D eigenvalue weighted by Gasteiger charge is 2.32. The van der Waals surface area contributed by atoms with Crippen molar-refractivity contribution in [2.45, 2.75) is 38.4 Å². The van der Waals surface area contributed by atoms with Crippen LogP contribution in [0, 0.1) is 0 Å². The monoisotopic (exact) mass is 461 g/mol. The Morgan fingerprint density at radius 3 is 2.25 bits per heavy atom. The molecule has 172 valence electrons. The minimum atomic E-state index is -4.91. The summed E-state index contributed by atoms with van der Waals surface area (Å²) in [7, 11) is 0. The molecule has 0 aliphatic heterocycles. The fraction of sp³-hybridized carbons (Fsp3) is 0.300. The molecule has 0 aliphatic rings. The van der Waals surface area contributed by atoms with Gasteiger partial charge in [0.1, 0.15) is 5.75 Å². The van der Waals surface area contributed by atoms with E-state index in [0.29, 0.717) is 0 Å². The van der Waals surface area contributed by atoms with E-state index in [1.165, 1.54) is 26.0 Å². The second-order valence-corrected chi connectivity index (χ2v) is 7.58. The predicted molar refractivity (Wildman–Crippen MR) is 102 cm³/mol. The van der Waals surface area contributed by atoms with Gasteiger partial charge < -0.3 is 15.2 Å². The highest BCUT2D eigenvalue weighted by molar-refractivity contribution is 5.99. The molecule has 0 fully saturated rings. The van der Waals surface area contributed by atoms with Crippen molar-refractivity contribution in [2.24, 2.45) is 0 Å². The molecule has 0 spiro atoms. The summed E-state index contributed by atoms with van der Waals surface area (Å²) < 4.78 is 81.8. The molecule has 0 saturated carbocycles. The van der Waals surface area contributed by atoms with Crippen molar-refractivity contribution in [3.63, 3.8) is 0 Å². The van der Waals surface area contributed by atoms with Gasteiger partial charge in [-0.05, 0) is 43.7 Å². The van der Waals surface area contributed by atoms with Crippen molar-refractivity contribution >= 4 is 17.2 Å². The molecule has 0 atom stereocenters. The zero-order valence-corrected chi connectivity index (χ0v) is 16.7. The summed E-state index contributed by atoms with van der Waals surface area (Å²) in [5, 5.41) is 16.4. The Kier molecular flexibility index (Phi) is 5.85. The van der Waals surface area contributed by atoms with Crippen LogP contribution in [-0.2, 0) is 11.0 Å². The van der Waals surface area contributed by atoms with Crippen LogP contribution in [0.4, 0.5) is 32.2 Å². The van der Waals surface area contributed by atoms with Crippen LogP contribution < -0.4 is 10.1 Å². The van der Waals surface area contributed by atoms with Crippen molar-refractivity contribution < 1.29 is 41.0 Å². The zero-order chi connectivity index (χ0) is 23.9. The number of pyridine rings is 1. The fourth-order valence-corrected chi connectivity index (χ4v) is 2.99. The predicted octanol–water partition coefficient (Wildman–Crippen LogP) is 5.02. The molecular weight excluding hydrogens is 444 g/mol. The molecule has 3 rings (SSSR count). The number of aliphatic hydroxyl groups is 1. The van der Waals surface area contributed by atoms with Crippen molar-refractivity contribution in [3.05, 3.63) is 48.2 Å². The van der Waals surface area contributed by atoms with Gasteiger partial charge in [0.15, 0.2) is 5.82 Å². The Bertz CT molecular complexity index is 1130. The molecule has 2 N–H and O–H groups in total. The van der Waals surface area contributed by atoms with Gasteiger partial charge >= 0.3 is 12.5 Å². The molecule has 2 aromatic heterocycles. The van der Waals surface area contributed by atoms with Crippen LogP contribution in [0.1, 0.15) is 25.8 Å². The summed E-state index contributed by atoms with van der Waals surface area (Å²) in [5.74, 6) is -1.31. The van der Waals surface area contributed by atoms with Crippen molar-refractivity contribution in [1.29, 1.82) is 0 Å². The average molecular weight is 461 g/mol. The third-order valence-corrected chi connectivity index (χ3v) is 4.19. The smallest absolute Gasteiger partial charge is 0.406 e. The minimum Gasteiger partial charge on any atom is -0.406 e. The lowest BCUT2D eigenvalue weighted by Crippen LogP contribution is -2.27. The number of amides is 1. The number of alkyl halides is 6. The molecular formula is C20H17F6N3O3. The third kappa shape index (κ3) is 5.69. The van der Waals surface area contributed by atoms with Gasteiger partial charge in [0.05, 0.1) is 28.7 Å². The van der Waals surface area contributed by atoms with E-state index in [-0.39, 0.29) is 28.9 Å². The molecule has 0 bridgehead atoms. The minimum absolute atomic E-state index is 0.0390. The summed E-state index contributed by atoms with van der Waals surface area (Å²) in [4.78, 5) is 12.3. The Morgan fingerprint density at radius 2 is 1.72 bits per heavy atom. The molecule has 0 saturated heterocycles. The van der Waals surface area contributed by atoms with Crippen molar-refractivity contribution in [1.82, 2.24) is 9.61 Å². The molecule has 32 heavy (non-hydrogen) atoms. The first-order chi connectivity index (χ1) is 14.6. The number of benzene rings is 1. The lowest BCUT2D eigenvalue weighted by molar-refractivity contribution is -0.274. The van der Waals surface area contributed by atoms with Crippen LogP contribution in [0.2, 0.25) is 0 Å². The molecule has 2 heterocycles. The zero-order valence-electron chi connectivity index (χ0n) is 16.7. The van der Waals surface area contributed by atoms with E-state index >= 15 is 0 Å². The summed E-state index contributed by atoms with van der Waals surface area (Å²) in [6.45, 7) is 2.79. The number of ether oxygens (including phenoxy) is 1. The third-order valence-electron chi connectivity index (χ3n) is 4.19. The maximum atomic E-state index is 13.2. The lowest BCUT2D eigenvalue weighted by Gasteiger charge is -2.16. The summed E-state index contributed by atoms with van der Waals surface area (Å²) >= 11 is 0. The Labute approximate surface area is 177 Å². The standard InChI is InChI=1S/C20H17F6N3O3/c1-18(2,31)10-15(30)27-17-16(11-3-5-13(6-4-11)32-20(24,25)26)14-9-12(19(21,22)23)7-8-29(14)28-17/h3-9,31H,10H2,1-2H3,(H,27,28,30). The largest absolute Gasteiger partial charge is 0.573 e. The Morgan fingerprint density at radius 1 is 1.09 bits per heavy atom. The number of nitrogens with one attached hydrogen (secondary N) is 1. The van der Waals surface area contributed by atoms with Gasteiger partial charge in [-0.3, -0.25) is 4.79 Å². The number of halogens is 6. The number of fused-ring (bicyclic) bond motifs is 1. The normalized spacial score (nSPS) is 12.8. The van der Waals surface area contributed by atoms with Crippen molar-refractivity contribution in [2.75, 3.05) is 5.32 Å². The van der Waals surface area contributed by atoms with E-state index in [4.69, 9.17) is 0 Å². The van der Waals surface area contributed by atoms with E-state index in [2.05, 4.69) is 15.2 Å². The van der Waals surface area contributed by atoms with Gasteiger partial charge in [-0.1, -0.05) is 12.1 Å². The van der Waals surface area contributed by atoms with Gasteiger partial charge in [-0.2, -0.15) is 13.2 Å². The average Bonchev–Trinajstić information content (AvgIpc) is 2.95. The van der Waals surface area contributed by atoms with Crippen LogP contribution in [0.3, 0.4) is 0 Å². The van der Waals surface area contributed by atoms with E-state index in [1.807, 2.05) is 0 Å². The van der Waals surface area contributed by atoms with Gasteiger partial charge in [0.25, 0.3) is 0 Å². The number of aromatic nitrogens is 2. The van der Waals surface area contributed by atoms with E-state index < -0.39 is 35.4 Å². The molecule has 12 heteroatoms. The SMILES string of the molecule is CC(C)(O)CC(=O)Nc1nn2ccc(C(F)(F)F)cc2c1-c1ccc(OC(F)(F)F)cc1. The number of nitrogens with zero attached hydrogens (tertiary/aromatic N) is 2. The van der Waals surface area contributed by atoms with Gasteiger partial charge in [0, 0.05) is 6.20 Å². The lowest BCUT2D eigenvalue weighted by atomic mass is 10.0. The van der Waals surface area contributed by atoms with Gasteiger partial charge in [0.2, 0.25) is 5.91 Å². The second-order valence-electron chi connectivity index (χ2n) is 7.58. The van der Waals surface area contributed by atoms with E-state index in [1.54, 1.807) is 0 Å². The number of hydrogen-bond acceptors (Lipinski definition) is 4. The highest BCUT2D eigenvalue weighted by atomic mass is 19.4. The molecule has 0 radical (unpaired) electrons. The Hall–Kier alpha value is -3.28. The first kappa shape index (κ1) is 23.4. The van der Waals surface area contributed by atoms with Gasteiger partial charge in [-0.15, -0.1) is 18.3 Å². The summed E-state index contributed by atoms with van der Waals surface area (Å²) in [6, 6.07) is 5.99. The molecule has 0 unspecified atom stereocenters. The van der Waals surface area contributed by atoms with Crippen molar-refractivity contribution in [3.8, 4) is 16.9 Å². The number of carbonyl (C=O) groups is 1. The number of carbonyl (C=O) groups excluding carboxylic acids is 1. The van der Waals surface area contributed by atoms with Gasteiger partial charge in [-0.25, -0.2) is 4.52 Å². The topological polar surface area (TPSA) is 75.9 Å². The maximum Gasteiger partial charge on any atom is 0.573 e. The van der Waals surface area contributed by atoms with Crippen LogP contribution in [0.15, 0.2) is 42.6 Å².